The summed E-state index contributed by atoms with van der Waals surface area (Å²) in [5, 5.41) is 5.17. The summed E-state index contributed by atoms with van der Waals surface area (Å²) in [4.78, 5) is 15.9. The third-order valence-corrected chi connectivity index (χ3v) is 5.15. The molecule has 0 aliphatic carbocycles. The summed E-state index contributed by atoms with van der Waals surface area (Å²) in [5.74, 6) is 1.06. The summed E-state index contributed by atoms with van der Waals surface area (Å²) < 4.78 is 0. The molecule has 1 atom stereocenters. The molecule has 7 heteroatoms. The van der Waals surface area contributed by atoms with Gasteiger partial charge in [0.25, 0.3) is 0 Å². The zero-order valence-corrected chi connectivity index (χ0v) is 17.0. The molecule has 0 unspecified atom stereocenters. The Hall–Kier alpha value is -0.330. The van der Waals surface area contributed by atoms with Crippen molar-refractivity contribution in [2.24, 2.45) is 17.6 Å². The Kier molecular flexibility index (Phi) is 11.9. The van der Waals surface area contributed by atoms with Gasteiger partial charge < -0.3 is 11.1 Å². The quantitative estimate of drug-likeness (QED) is 0.744. The van der Waals surface area contributed by atoms with E-state index in [1.807, 2.05) is 11.3 Å². The standard InChI is InChI=1S/C17H29N3OS.2ClH/c1-13(2)10-16(18)17(21)19-11-14-5-7-20(8-6-14)12-15-4-3-9-22-15;;/h3-4,9,13-14,16H,5-8,10-12,18H2,1-2H3,(H,19,21);2*1H/t16-;;/m0../s1. The van der Waals surface area contributed by atoms with Gasteiger partial charge in [0.05, 0.1) is 6.04 Å². The highest BCUT2D eigenvalue weighted by Gasteiger charge is 2.21. The Labute approximate surface area is 162 Å². The molecule has 4 nitrogen and oxygen atoms in total. The fraction of sp³-hybridized carbons (Fsp3) is 0.706. The van der Waals surface area contributed by atoms with Gasteiger partial charge in [-0.3, -0.25) is 9.69 Å². The molecule has 0 bridgehead atoms. The Morgan fingerprint density at radius 2 is 2.04 bits per heavy atom. The van der Waals surface area contributed by atoms with Gasteiger partial charge in [0.15, 0.2) is 0 Å². The Bertz CT molecular complexity index is 449. The van der Waals surface area contributed by atoms with Gasteiger partial charge in [0.1, 0.15) is 0 Å². The maximum atomic E-state index is 12.0. The fourth-order valence-corrected chi connectivity index (χ4v) is 3.71. The van der Waals surface area contributed by atoms with Crippen LogP contribution in [0.25, 0.3) is 0 Å². The first-order chi connectivity index (χ1) is 10.5. The van der Waals surface area contributed by atoms with Crippen LogP contribution >= 0.6 is 36.2 Å². The fourth-order valence-electron chi connectivity index (χ4n) is 2.96. The molecule has 0 spiro atoms. The summed E-state index contributed by atoms with van der Waals surface area (Å²) in [6.07, 6.45) is 3.07. The number of piperidine rings is 1. The van der Waals surface area contributed by atoms with E-state index < -0.39 is 0 Å². The van der Waals surface area contributed by atoms with Crippen LogP contribution in [0.15, 0.2) is 17.5 Å². The molecule has 0 radical (unpaired) electrons. The lowest BCUT2D eigenvalue weighted by Crippen LogP contribution is -2.44. The number of likely N-dealkylation sites (tertiary alicyclic amines) is 1. The number of thiophene rings is 1. The number of carbonyl (C=O) groups is 1. The highest BCUT2D eigenvalue weighted by atomic mass is 35.5. The zero-order valence-electron chi connectivity index (χ0n) is 14.6. The molecule has 1 aliphatic heterocycles. The van der Waals surface area contributed by atoms with Crippen molar-refractivity contribution in [3.05, 3.63) is 22.4 Å². The largest absolute Gasteiger partial charge is 0.354 e. The van der Waals surface area contributed by atoms with Crippen LogP contribution in [0.3, 0.4) is 0 Å². The van der Waals surface area contributed by atoms with Crippen molar-refractivity contribution in [3.63, 3.8) is 0 Å². The average Bonchev–Trinajstić information content (AvgIpc) is 2.98. The van der Waals surface area contributed by atoms with Crippen molar-refractivity contribution in [2.75, 3.05) is 19.6 Å². The number of halogens is 2. The first kappa shape index (κ1) is 23.7. The topological polar surface area (TPSA) is 58.4 Å². The predicted octanol–water partition coefficient (Wildman–Crippen LogP) is 3.29. The average molecular weight is 396 g/mol. The molecule has 1 aromatic heterocycles. The Morgan fingerprint density at radius 3 is 2.58 bits per heavy atom. The van der Waals surface area contributed by atoms with Crippen LogP contribution in [0.5, 0.6) is 0 Å². The van der Waals surface area contributed by atoms with Gasteiger partial charge in [-0.1, -0.05) is 19.9 Å². The molecule has 1 aliphatic rings. The molecule has 140 valence electrons. The van der Waals surface area contributed by atoms with Crippen LogP contribution in [-0.2, 0) is 11.3 Å². The van der Waals surface area contributed by atoms with Crippen LogP contribution in [0.4, 0.5) is 0 Å². The van der Waals surface area contributed by atoms with E-state index in [0.717, 1.165) is 45.4 Å². The van der Waals surface area contributed by atoms with E-state index in [2.05, 4.69) is 41.6 Å². The minimum absolute atomic E-state index is 0. The van der Waals surface area contributed by atoms with Crippen molar-refractivity contribution >= 4 is 42.1 Å². The summed E-state index contributed by atoms with van der Waals surface area (Å²) in [6.45, 7) is 8.27. The number of hydrogen-bond donors (Lipinski definition) is 2. The third kappa shape index (κ3) is 8.17. The SMILES string of the molecule is CC(C)C[C@H](N)C(=O)NCC1CCN(Cc2cccs2)CC1.Cl.Cl. The van der Waals surface area contributed by atoms with Crippen LogP contribution in [0, 0.1) is 11.8 Å². The lowest BCUT2D eigenvalue weighted by Gasteiger charge is -2.31. The summed E-state index contributed by atoms with van der Waals surface area (Å²) >= 11 is 1.83. The minimum atomic E-state index is -0.362. The van der Waals surface area contributed by atoms with Crippen LogP contribution < -0.4 is 11.1 Å². The van der Waals surface area contributed by atoms with E-state index in [9.17, 15) is 4.79 Å². The Balaban J connectivity index is 0.00000264. The van der Waals surface area contributed by atoms with Crippen LogP contribution in [-0.4, -0.2) is 36.5 Å². The minimum Gasteiger partial charge on any atom is -0.354 e. The predicted molar refractivity (Wildman–Crippen MR) is 107 cm³/mol. The highest BCUT2D eigenvalue weighted by Crippen LogP contribution is 2.20. The molecule has 24 heavy (non-hydrogen) atoms. The lowest BCUT2D eigenvalue weighted by atomic mass is 9.96. The van der Waals surface area contributed by atoms with E-state index in [4.69, 9.17) is 5.73 Å². The second-order valence-corrected chi connectivity index (χ2v) is 7.81. The van der Waals surface area contributed by atoms with Gasteiger partial charge in [-0.05, 0) is 55.6 Å². The summed E-state index contributed by atoms with van der Waals surface area (Å²) in [6, 6.07) is 3.95. The normalized spacial score (nSPS) is 17.0. The van der Waals surface area contributed by atoms with Gasteiger partial charge in [-0.15, -0.1) is 36.2 Å². The summed E-state index contributed by atoms with van der Waals surface area (Å²) in [5.41, 5.74) is 5.91. The van der Waals surface area contributed by atoms with Crippen molar-refractivity contribution in [1.29, 1.82) is 0 Å². The van der Waals surface area contributed by atoms with Gasteiger partial charge in [-0.2, -0.15) is 0 Å². The van der Waals surface area contributed by atoms with Crippen molar-refractivity contribution in [2.45, 2.75) is 45.7 Å². The van der Waals surface area contributed by atoms with Crippen molar-refractivity contribution in [3.8, 4) is 0 Å². The maximum Gasteiger partial charge on any atom is 0.236 e. The monoisotopic (exact) mass is 395 g/mol. The molecule has 1 saturated heterocycles. The number of amides is 1. The molecular weight excluding hydrogens is 365 g/mol. The molecule has 1 amide bonds. The van der Waals surface area contributed by atoms with E-state index in [1.165, 1.54) is 4.88 Å². The van der Waals surface area contributed by atoms with Crippen molar-refractivity contribution < 1.29 is 4.79 Å². The first-order valence-electron chi connectivity index (χ1n) is 8.32. The molecule has 1 aromatic rings. The van der Waals surface area contributed by atoms with E-state index in [1.54, 1.807) is 0 Å². The molecule has 3 N–H and O–H groups in total. The first-order valence-corrected chi connectivity index (χ1v) is 9.20. The molecule has 2 rings (SSSR count). The van der Waals surface area contributed by atoms with E-state index in [0.29, 0.717) is 11.8 Å². The zero-order chi connectivity index (χ0) is 15.9. The number of nitrogens with one attached hydrogen (secondary N) is 1. The van der Waals surface area contributed by atoms with Crippen molar-refractivity contribution in [1.82, 2.24) is 10.2 Å². The van der Waals surface area contributed by atoms with E-state index in [-0.39, 0.29) is 36.8 Å². The number of rotatable bonds is 7. The van der Waals surface area contributed by atoms with Gasteiger partial charge >= 0.3 is 0 Å². The Morgan fingerprint density at radius 1 is 1.38 bits per heavy atom. The molecule has 0 aromatic carbocycles. The van der Waals surface area contributed by atoms with Gasteiger partial charge in [-0.25, -0.2) is 0 Å². The third-order valence-electron chi connectivity index (χ3n) is 4.29. The highest BCUT2D eigenvalue weighted by molar-refractivity contribution is 7.09. The van der Waals surface area contributed by atoms with Crippen LogP contribution in [0.2, 0.25) is 0 Å². The molecule has 1 fully saturated rings. The molecule has 2 heterocycles. The maximum absolute atomic E-state index is 12.0. The number of nitrogens with zero attached hydrogens (tertiary/aromatic N) is 1. The number of nitrogens with two attached hydrogens (primary N) is 1. The van der Waals surface area contributed by atoms with Gasteiger partial charge in [0.2, 0.25) is 5.91 Å². The smallest absolute Gasteiger partial charge is 0.236 e. The number of hydrogen-bond acceptors (Lipinski definition) is 4. The number of carbonyl (C=O) groups excluding carboxylic acids is 1. The van der Waals surface area contributed by atoms with Gasteiger partial charge in [0, 0.05) is 18.0 Å². The second kappa shape index (κ2) is 12.1. The van der Waals surface area contributed by atoms with Crippen LogP contribution in [0.1, 0.15) is 38.0 Å². The molecule has 0 saturated carbocycles. The van der Waals surface area contributed by atoms with E-state index >= 15 is 0 Å². The molecular formula is C17H31Cl2N3OS. The summed E-state index contributed by atoms with van der Waals surface area (Å²) in [7, 11) is 0. The lowest BCUT2D eigenvalue weighted by molar-refractivity contribution is -0.122. The second-order valence-electron chi connectivity index (χ2n) is 6.78.